The summed E-state index contributed by atoms with van der Waals surface area (Å²) in [5.41, 5.74) is 6.48. The van der Waals surface area contributed by atoms with Crippen LogP contribution in [-0.2, 0) is 4.79 Å². The molecule has 5 heteroatoms. The zero-order chi connectivity index (χ0) is 12.8. The number of rotatable bonds is 6. The SMILES string of the molecule is CCOc1ccc(OC)cc1C(N)CC(=O)O. The van der Waals surface area contributed by atoms with Crippen LogP contribution in [0.15, 0.2) is 18.2 Å². The molecule has 0 aromatic heterocycles. The molecule has 0 aliphatic rings. The molecule has 0 spiro atoms. The monoisotopic (exact) mass is 239 g/mol. The first-order valence-corrected chi connectivity index (χ1v) is 5.36. The average Bonchev–Trinajstić information content (AvgIpc) is 2.29. The molecule has 0 bridgehead atoms. The van der Waals surface area contributed by atoms with E-state index in [-0.39, 0.29) is 6.42 Å². The molecular weight excluding hydrogens is 222 g/mol. The molecule has 0 radical (unpaired) electrons. The molecule has 0 aliphatic carbocycles. The standard InChI is InChI=1S/C12H17NO4/c1-3-17-11-5-4-8(16-2)6-9(11)10(13)7-12(14)15/h4-6,10H,3,7,13H2,1-2H3,(H,14,15). The predicted molar refractivity (Wildman–Crippen MR) is 63.3 cm³/mol. The van der Waals surface area contributed by atoms with Gasteiger partial charge in [0.1, 0.15) is 11.5 Å². The van der Waals surface area contributed by atoms with Crippen molar-refractivity contribution in [2.75, 3.05) is 13.7 Å². The lowest BCUT2D eigenvalue weighted by Gasteiger charge is -2.16. The van der Waals surface area contributed by atoms with Crippen molar-refractivity contribution in [3.63, 3.8) is 0 Å². The van der Waals surface area contributed by atoms with E-state index in [1.54, 1.807) is 25.3 Å². The second kappa shape index (κ2) is 6.10. The number of hydrogen-bond donors (Lipinski definition) is 2. The third-order valence-corrected chi connectivity index (χ3v) is 2.31. The lowest BCUT2D eigenvalue weighted by Crippen LogP contribution is -2.16. The Labute approximate surface area is 100 Å². The maximum absolute atomic E-state index is 10.7. The quantitative estimate of drug-likeness (QED) is 0.787. The van der Waals surface area contributed by atoms with E-state index in [9.17, 15) is 4.79 Å². The highest BCUT2D eigenvalue weighted by atomic mass is 16.5. The minimum Gasteiger partial charge on any atom is -0.497 e. The number of hydrogen-bond acceptors (Lipinski definition) is 4. The normalized spacial score (nSPS) is 11.9. The number of benzene rings is 1. The highest BCUT2D eigenvalue weighted by Crippen LogP contribution is 2.29. The van der Waals surface area contributed by atoms with Crippen LogP contribution in [-0.4, -0.2) is 24.8 Å². The summed E-state index contributed by atoms with van der Waals surface area (Å²) >= 11 is 0. The second-order valence-corrected chi connectivity index (χ2v) is 3.54. The lowest BCUT2D eigenvalue weighted by atomic mass is 10.0. The van der Waals surface area contributed by atoms with Gasteiger partial charge in [0, 0.05) is 11.6 Å². The molecule has 0 saturated heterocycles. The summed E-state index contributed by atoms with van der Waals surface area (Å²) < 4.78 is 10.5. The van der Waals surface area contributed by atoms with Gasteiger partial charge >= 0.3 is 5.97 Å². The van der Waals surface area contributed by atoms with E-state index in [0.717, 1.165) is 0 Å². The van der Waals surface area contributed by atoms with E-state index in [1.807, 2.05) is 6.92 Å². The summed E-state index contributed by atoms with van der Waals surface area (Å²) in [6.07, 6.45) is -0.146. The zero-order valence-corrected chi connectivity index (χ0v) is 9.97. The first-order chi connectivity index (χ1) is 8.08. The first-order valence-electron chi connectivity index (χ1n) is 5.36. The van der Waals surface area contributed by atoms with Crippen LogP contribution in [0.25, 0.3) is 0 Å². The fraction of sp³-hybridized carbons (Fsp3) is 0.417. The van der Waals surface area contributed by atoms with Gasteiger partial charge in [-0.05, 0) is 25.1 Å². The second-order valence-electron chi connectivity index (χ2n) is 3.54. The number of nitrogens with two attached hydrogens (primary N) is 1. The van der Waals surface area contributed by atoms with Gasteiger partial charge in [0.25, 0.3) is 0 Å². The zero-order valence-electron chi connectivity index (χ0n) is 9.97. The molecule has 3 N–H and O–H groups in total. The fourth-order valence-corrected chi connectivity index (χ4v) is 1.53. The molecule has 5 nitrogen and oxygen atoms in total. The Balaban J connectivity index is 3.02. The molecule has 0 amide bonds. The number of methoxy groups -OCH3 is 1. The van der Waals surface area contributed by atoms with E-state index in [0.29, 0.717) is 23.7 Å². The van der Waals surface area contributed by atoms with Crippen molar-refractivity contribution in [1.29, 1.82) is 0 Å². The highest BCUT2D eigenvalue weighted by Gasteiger charge is 2.16. The van der Waals surface area contributed by atoms with Gasteiger partial charge in [0.15, 0.2) is 0 Å². The third-order valence-electron chi connectivity index (χ3n) is 2.31. The maximum Gasteiger partial charge on any atom is 0.305 e. The third kappa shape index (κ3) is 3.64. The van der Waals surface area contributed by atoms with Crippen LogP contribution in [0.4, 0.5) is 0 Å². The van der Waals surface area contributed by atoms with Crippen molar-refractivity contribution in [3.8, 4) is 11.5 Å². The number of carbonyl (C=O) groups is 1. The Morgan fingerprint density at radius 1 is 1.53 bits per heavy atom. The van der Waals surface area contributed by atoms with Gasteiger partial charge in [-0.1, -0.05) is 0 Å². The number of aliphatic carboxylic acids is 1. The molecule has 0 aliphatic heterocycles. The molecule has 1 aromatic carbocycles. The predicted octanol–water partition coefficient (Wildman–Crippen LogP) is 1.57. The molecule has 0 fully saturated rings. The van der Waals surface area contributed by atoms with Crippen LogP contribution in [0.2, 0.25) is 0 Å². The molecule has 1 atom stereocenters. The molecule has 17 heavy (non-hydrogen) atoms. The van der Waals surface area contributed by atoms with Gasteiger partial charge in [0.05, 0.1) is 20.1 Å². The van der Waals surface area contributed by atoms with E-state index < -0.39 is 12.0 Å². The van der Waals surface area contributed by atoms with Gasteiger partial charge in [-0.3, -0.25) is 4.79 Å². The van der Waals surface area contributed by atoms with Gasteiger partial charge < -0.3 is 20.3 Å². The smallest absolute Gasteiger partial charge is 0.305 e. The van der Waals surface area contributed by atoms with Crippen molar-refractivity contribution in [1.82, 2.24) is 0 Å². The Morgan fingerprint density at radius 2 is 2.24 bits per heavy atom. The molecule has 1 unspecified atom stereocenters. The minimum atomic E-state index is -0.942. The summed E-state index contributed by atoms with van der Waals surface area (Å²) in [7, 11) is 1.54. The number of ether oxygens (including phenoxy) is 2. The topological polar surface area (TPSA) is 81.8 Å². The highest BCUT2D eigenvalue weighted by molar-refractivity contribution is 5.68. The van der Waals surface area contributed by atoms with E-state index in [2.05, 4.69) is 0 Å². The summed E-state index contributed by atoms with van der Waals surface area (Å²) in [6.45, 7) is 2.36. The van der Waals surface area contributed by atoms with Gasteiger partial charge in [-0.2, -0.15) is 0 Å². The van der Waals surface area contributed by atoms with Gasteiger partial charge in [-0.15, -0.1) is 0 Å². The van der Waals surface area contributed by atoms with E-state index in [1.165, 1.54) is 0 Å². The summed E-state index contributed by atoms with van der Waals surface area (Å²) in [5, 5.41) is 8.74. The van der Waals surface area contributed by atoms with E-state index >= 15 is 0 Å². The fourth-order valence-electron chi connectivity index (χ4n) is 1.53. The molecule has 1 rings (SSSR count). The number of carboxylic acid groups (broad SMARTS) is 1. The van der Waals surface area contributed by atoms with Crippen molar-refractivity contribution >= 4 is 5.97 Å². The molecule has 1 aromatic rings. The average molecular weight is 239 g/mol. The molecular formula is C12H17NO4. The Kier molecular flexibility index (Phi) is 4.78. The van der Waals surface area contributed by atoms with Crippen molar-refractivity contribution < 1.29 is 19.4 Å². The van der Waals surface area contributed by atoms with Crippen LogP contribution in [0.5, 0.6) is 11.5 Å². The van der Waals surface area contributed by atoms with Crippen molar-refractivity contribution in [2.24, 2.45) is 5.73 Å². The Bertz CT molecular complexity index is 392. The largest absolute Gasteiger partial charge is 0.497 e. The van der Waals surface area contributed by atoms with Crippen molar-refractivity contribution in [3.05, 3.63) is 23.8 Å². The number of carboxylic acids is 1. The maximum atomic E-state index is 10.7. The molecule has 0 saturated carbocycles. The summed E-state index contributed by atoms with van der Waals surface area (Å²) in [6, 6.07) is 4.59. The summed E-state index contributed by atoms with van der Waals surface area (Å²) in [4.78, 5) is 10.7. The summed E-state index contributed by atoms with van der Waals surface area (Å²) in [5.74, 6) is 0.286. The van der Waals surface area contributed by atoms with Crippen LogP contribution < -0.4 is 15.2 Å². The van der Waals surface area contributed by atoms with Crippen LogP contribution >= 0.6 is 0 Å². The van der Waals surface area contributed by atoms with Gasteiger partial charge in [-0.25, -0.2) is 0 Å². The van der Waals surface area contributed by atoms with Crippen LogP contribution in [0.1, 0.15) is 24.9 Å². The lowest BCUT2D eigenvalue weighted by molar-refractivity contribution is -0.137. The van der Waals surface area contributed by atoms with Crippen LogP contribution in [0.3, 0.4) is 0 Å². The van der Waals surface area contributed by atoms with Gasteiger partial charge in [0.2, 0.25) is 0 Å². The van der Waals surface area contributed by atoms with Crippen molar-refractivity contribution in [2.45, 2.75) is 19.4 Å². The Morgan fingerprint density at radius 3 is 2.76 bits per heavy atom. The minimum absolute atomic E-state index is 0.146. The molecule has 0 heterocycles. The first kappa shape index (κ1) is 13.3. The van der Waals surface area contributed by atoms with Crippen LogP contribution in [0, 0.1) is 0 Å². The molecule has 94 valence electrons. The van der Waals surface area contributed by atoms with E-state index in [4.69, 9.17) is 20.3 Å². The Hall–Kier alpha value is -1.75.